The Hall–Kier alpha value is -2.46. The molecule has 3 rings (SSSR count). The van der Waals surface area contributed by atoms with E-state index in [2.05, 4.69) is 0 Å². The highest BCUT2D eigenvalue weighted by Gasteiger charge is 2.31. The average Bonchev–Trinajstić information content (AvgIpc) is 2.51. The van der Waals surface area contributed by atoms with Crippen molar-refractivity contribution in [3.8, 4) is 0 Å². The number of nitrogens with two attached hydrogens (primary N) is 1. The fourth-order valence-corrected chi connectivity index (χ4v) is 2.74. The minimum absolute atomic E-state index is 0.0617. The molecule has 21 heavy (non-hydrogen) atoms. The smallest absolute Gasteiger partial charge is 0.196 e. The number of ketones is 2. The van der Waals surface area contributed by atoms with Crippen LogP contribution < -0.4 is 5.73 Å². The van der Waals surface area contributed by atoms with E-state index in [-0.39, 0.29) is 18.2 Å². The second-order valence-electron chi connectivity index (χ2n) is 5.09. The summed E-state index contributed by atoms with van der Waals surface area (Å²) in [7, 11) is 0. The molecule has 0 bridgehead atoms. The third kappa shape index (κ3) is 2.04. The molecular weight excluding hydrogens is 266 g/mol. The number of rotatable bonds is 3. The van der Waals surface area contributed by atoms with Gasteiger partial charge < -0.3 is 10.8 Å². The van der Waals surface area contributed by atoms with Gasteiger partial charge in [-0.15, -0.1) is 0 Å². The summed E-state index contributed by atoms with van der Waals surface area (Å²) >= 11 is 0. The van der Waals surface area contributed by atoms with Crippen molar-refractivity contribution in [1.29, 1.82) is 0 Å². The van der Waals surface area contributed by atoms with Crippen LogP contribution in [-0.2, 0) is 6.42 Å². The molecule has 2 aromatic rings. The molecule has 0 saturated carbocycles. The first-order valence-electron chi connectivity index (χ1n) is 6.85. The number of anilines is 1. The Kier molecular flexibility index (Phi) is 3.31. The molecule has 4 heteroatoms. The van der Waals surface area contributed by atoms with Crippen LogP contribution in [0.2, 0.25) is 0 Å². The molecule has 0 amide bonds. The van der Waals surface area contributed by atoms with Crippen molar-refractivity contribution in [3.63, 3.8) is 0 Å². The maximum absolute atomic E-state index is 12.6. The summed E-state index contributed by atoms with van der Waals surface area (Å²) in [6.45, 7) is 0.0617. The molecular formula is C17H15NO3. The number of hydrogen-bond donors (Lipinski definition) is 2. The number of aliphatic hydroxyl groups excluding tert-OH is 1. The van der Waals surface area contributed by atoms with Crippen LogP contribution in [0.4, 0.5) is 5.69 Å². The largest absolute Gasteiger partial charge is 0.398 e. The molecule has 0 unspecified atom stereocenters. The van der Waals surface area contributed by atoms with Crippen molar-refractivity contribution in [2.45, 2.75) is 12.8 Å². The van der Waals surface area contributed by atoms with Gasteiger partial charge in [-0.3, -0.25) is 9.59 Å². The van der Waals surface area contributed by atoms with Gasteiger partial charge in [0, 0.05) is 29.0 Å². The maximum Gasteiger partial charge on any atom is 0.196 e. The van der Waals surface area contributed by atoms with E-state index in [9.17, 15) is 9.59 Å². The predicted molar refractivity (Wildman–Crippen MR) is 79.6 cm³/mol. The summed E-state index contributed by atoms with van der Waals surface area (Å²) < 4.78 is 0. The highest BCUT2D eigenvalue weighted by atomic mass is 16.2. The zero-order valence-corrected chi connectivity index (χ0v) is 11.4. The second kappa shape index (κ2) is 5.14. The van der Waals surface area contributed by atoms with Crippen molar-refractivity contribution in [2.24, 2.45) is 0 Å². The van der Waals surface area contributed by atoms with E-state index in [1.54, 1.807) is 36.4 Å². The van der Waals surface area contributed by atoms with Gasteiger partial charge in [0.15, 0.2) is 11.6 Å². The number of aliphatic hydroxyl groups is 1. The molecule has 0 heterocycles. The summed E-state index contributed by atoms with van der Waals surface area (Å²) in [5, 5.41) is 8.92. The number of carbonyl (C=O) groups is 2. The van der Waals surface area contributed by atoms with Crippen LogP contribution >= 0.6 is 0 Å². The van der Waals surface area contributed by atoms with Gasteiger partial charge in [0.05, 0.1) is 5.56 Å². The Morgan fingerprint density at radius 3 is 2.24 bits per heavy atom. The van der Waals surface area contributed by atoms with Crippen molar-refractivity contribution < 1.29 is 14.7 Å². The van der Waals surface area contributed by atoms with E-state index in [0.717, 1.165) is 5.56 Å². The molecule has 2 aromatic carbocycles. The van der Waals surface area contributed by atoms with Gasteiger partial charge in [-0.25, -0.2) is 0 Å². The van der Waals surface area contributed by atoms with Crippen molar-refractivity contribution in [3.05, 3.63) is 64.2 Å². The Morgan fingerprint density at radius 1 is 0.905 bits per heavy atom. The summed E-state index contributed by atoms with van der Waals surface area (Å²) in [5.41, 5.74) is 8.75. The lowest BCUT2D eigenvalue weighted by Crippen LogP contribution is -2.23. The molecule has 4 nitrogen and oxygen atoms in total. The van der Waals surface area contributed by atoms with E-state index >= 15 is 0 Å². The van der Waals surface area contributed by atoms with Crippen LogP contribution in [-0.4, -0.2) is 23.3 Å². The van der Waals surface area contributed by atoms with Gasteiger partial charge in [-0.1, -0.05) is 30.3 Å². The first-order chi connectivity index (χ1) is 10.1. The Bertz CT molecular complexity index is 750. The fraction of sp³-hybridized carbons (Fsp3) is 0.176. The number of carbonyl (C=O) groups excluding carboxylic acids is 2. The average molecular weight is 281 g/mol. The predicted octanol–water partition coefficient (Wildman–Crippen LogP) is 1.97. The Balaban J connectivity index is 2.17. The van der Waals surface area contributed by atoms with E-state index in [1.165, 1.54) is 0 Å². The summed E-state index contributed by atoms with van der Waals surface area (Å²) in [5.74, 6) is -0.371. The molecule has 0 spiro atoms. The van der Waals surface area contributed by atoms with Crippen LogP contribution in [0, 0.1) is 0 Å². The highest BCUT2D eigenvalue weighted by molar-refractivity contribution is 6.30. The van der Waals surface area contributed by atoms with E-state index in [1.807, 2.05) is 0 Å². The number of hydrogen-bond acceptors (Lipinski definition) is 4. The summed E-state index contributed by atoms with van der Waals surface area (Å²) in [4.78, 5) is 25.1. The third-order valence-corrected chi connectivity index (χ3v) is 3.83. The lowest BCUT2D eigenvalue weighted by Gasteiger charge is -2.20. The minimum atomic E-state index is -0.205. The number of benzene rings is 2. The molecule has 0 radical (unpaired) electrons. The quantitative estimate of drug-likeness (QED) is 0.719. The molecule has 0 fully saturated rings. The Labute approximate surface area is 122 Å². The zero-order chi connectivity index (χ0) is 15.0. The second-order valence-corrected chi connectivity index (χ2v) is 5.09. The van der Waals surface area contributed by atoms with Crippen LogP contribution in [0.1, 0.15) is 43.8 Å². The summed E-state index contributed by atoms with van der Waals surface area (Å²) in [6, 6.07) is 10.2. The van der Waals surface area contributed by atoms with E-state index < -0.39 is 0 Å². The van der Waals surface area contributed by atoms with E-state index in [4.69, 9.17) is 10.8 Å². The van der Waals surface area contributed by atoms with Crippen LogP contribution in [0.3, 0.4) is 0 Å². The Morgan fingerprint density at radius 2 is 1.57 bits per heavy atom. The molecule has 106 valence electrons. The van der Waals surface area contributed by atoms with Gasteiger partial charge in [0.2, 0.25) is 0 Å². The standard InChI is InChI=1S/C17H15NO3/c18-15-10(4-3-9-19)7-8-13-14(15)17(21)12-6-2-1-5-11(12)16(13)20/h1-2,5-8,19H,3-4,9,18H2. The molecule has 1 aliphatic rings. The van der Waals surface area contributed by atoms with Crippen LogP contribution in [0.25, 0.3) is 0 Å². The molecule has 0 atom stereocenters. The number of nitrogen functional groups attached to an aromatic ring is 1. The van der Waals surface area contributed by atoms with Crippen LogP contribution in [0.15, 0.2) is 36.4 Å². The highest BCUT2D eigenvalue weighted by Crippen LogP contribution is 2.32. The van der Waals surface area contributed by atoms with Gasteiger partial charge in [0.25, 0.3) is 0 Å². The number of fused-ring (bicyclic) bond motifs is 2. The first kappa shape index (κ1) is 13.5. The fourth-order valence-electron chi connectivity index (χ4n) is 2.74. The molecule has 0 aliphatic heterocycles. The van der Waals surface area contributed by atoms with Gasteiger partial charge in [-0.05, 0) is 24.5 Å². The maximum atomic E-state index is 12.6. The van der Waals surface area contributed by atoms with Crippen molar-refractivity contribution in [1.82, 2.24) is 0 Å². The van der Waals surface area contributed by atoms with Gasteiger partial charge in [0.1, 0.15) is 0 Å². The van der Waals surface area contributed by atoms with E-state index in [0.29, 0.717) is 40.8 Å². The first-order valence-corrected chi connectivity index (χ1v) is 6.85. The lowest BCUT2D eigenvalue weighted by atomic mass is 9.82. The minimum Gasteiger partial charge on any atom is -0.398 e. The SMILES string of the molecule is Nc1c(CCCO)ccc2c1C(=O)c1ccccc1C2=O. The van der Waals surface area contributed by atoms with Crippen molar-refractivity contribution in [2.75, 3.05) is 12.3 Å². The summed E-state index contributed by atoms with van der Waals surface area (Å²) in [6.07, 6.45) is 1.15. The van der Waals surface area contributed by atoms with Crippen LogP contribution in [0.5, 0.6) is 0 Å². The molecule has 3 N–H and O–H groups in total. The lowest BCUT2D eigenvalue weighted by molar-refractivity contribution is 0.0979. The molecule has 0 saturated heterocycles. The topological polar surface area (TPSA) is 80.4 Å². The zero-order valence-electron chi connectivity index (χ0n) is 11.4. The number of aryl methyl sites for hydroxylation is 1. The molecule has 1 aliphatic carbocycles. The monoisotopic (exact) mass is 281 g/mol. The van der Waals surface area contributed by atoms with Gasteiger partial charge in [-0.2, -0.15) is 0 Å². The van der Waals surface area contributed by atoms with Crippen molar-refractivity contribution >= 4 is 17.3 Å². The normalized spacial score (nSPS) is 13.0. The van der Waals surface area contributed by atoms with Gasteiger partial charge >= 0.3 is 0 Å². The third-order valence-electron chi connectivity index (χ3n) is 3.83. The molecule has 0 aromatic heterocycles.